The molecule has 1 rings (SSSR count). The van der Waals surface area contributed by atoms with Crippen molar-refractivity contribution < 1.29 is 14.3 Å². The van der Waals surface area contributed by atoms with E-state index in [4.69, 9.17) is 10.5 Å². The molecule has 0 aliphatic rings. The van der Waals surface area contributed by atoms with Gasteiger partial charge in [0.05, 0.1) is 11.9 Å². The van der Waals surface area contributed by atoms with Gasteiger partial charge < -0.3 is 21.1 Å². The average Bonchev–Trinajstić information content (AvgIpc) is 2.71. The van der Waals surface area contributed by atoms with E-state index in [-0.39, 0.29) is 12.5 Å². The third-order valence-corrected chi connectivity index (χ3v) is 2.30. The van der Waals surface area contributed by atoms with Gasteiger partial charge in [0, 0.05) is 19.3 Å². The minimum absolute atomic E-state index is 0.122. The van der Waals surface area contributed by atoms with Crippen LogP contribution in [0.5, 0.6) is 0 Å². The van der Waals surface area contributed by atoms with Gasteiger partial charge in [0.2, 0.25) is 5.91 Å². The van der Waals surface area contributed by atoms with Gasteiger partial charge in [-0.05, 0) is 27.2 Å². The van der Waals surface area contributed by atoms with Crippen LogP contribution in [0.3, 0.4) is 0 Å². The number of aromatic nitrogens is 2. The van der Waals surface area contributed by atoms with Crippen molar-refractivity contribution in [3.63, 3.8) is 0 Å². The fourth-order valence-electron chi connectivity index (χ4n) is 1.49. The first-order valence-corrected chi connectivity index (χ1v) is 6.78. The van der Waals surface area contributed by atoms with E-state index >= 15 is 0 Å². The van der Waals surface area contributed by atoms with Gasteiger partial charge in [-0.1, -0.05) is 0 Å². The van der Waals surface area contributed by atoms with Crippen LogP contribution in [0.1, 0.15) is 27.2 Å². The molecule has 0 saturated heterocycles. The van der Waals surface area contributed by atoms with Gasteiger partial charge in [-0.15, -0.1) is 0 Å². The van der Waals surface area contributed by atoms with E-state index in [2.05, 4.69) is 15.7 Å². The van der Waals surface area contributed by atoms with Gasteiger partial charge >= 0.3 is 6.09 Å². The molecule has 1 heterocycles. The van der Waals surface area contributed by atoms with E-state index in [0.29, 0.717) is 25.2 Å². The number of hydrogen-bond acceptors (Lipinski definition) is 5. The highest BCUT2D eigenvalue weighted by molar-refractivity contribution is 5.75. The second-order valence-corrected chi connectivity index (χ2v) is 5.60. The Labute approximate surface area is 124 Å². The van der Waals surface area contributed by atoms with Crippen LogP contribution in [0.2, 0.25) is 0 Å². The van der Waals surface area contributed by atoms with Gasteiger partial charge in [0.1, 0.15) is 12.1 Å². The molecule has 1 aromatic rings. The molecule has 0 saturated carbocycles. The van der Waals surface area contributed by atoms with Crippen LogP contribution in [-0.2, 0) is 16.1 Å². The molecule has 21 heavy (non-hydrogen) atoms. The second kappa shape index (κ2) is 7.51. The Morgan fingerprint density at radius 3 is 2.57 bits per heavy atom. The predicted octanol–water partition coefficient (Wildman–Crippen LogP) is 0.496. The van der Waals surface area contributed by atoms with Crippen molar-refractivity contribution in [2.75, 3.05) is 18.8 Å². The lowest BCUT2D eigenvalue weighted by Crippen LogP contribution is -2.35. The summed E-state index contributed by atoms with van der Waals surface area (Å²) >= 11 is 0. The Morgan fingerprint density at radius 1 is 1.33 bits per heavy atom. The first kappa shape index (κ1) is 16.8. The zero-order valence-corrected chi connectivity index (χ0v) is 12.7. The third kappa shape index (κ3) is 7.81. The molecule has 4 N–H and O–H groups in total. The number of hydrogen-bond donors (Lipinski definition) is 3. The third-order valence-electron chi connectivity index (χ3n) is 2.30. The monoisotopic (exact) mass is 297 g/mol. The van der Waals surface area contributed by atoms with Crippen LogP contribution < -0.4 is 16.4 Å². The van der Waals surface area contributed by atoms with Crippen molar-refractivity contribution in [1.82, 2.24) is 20.4 Å². The normalized spacial score (nSPS) is 11.0. The maximum absolute atomic E-state index is 11.6. The molecule has 0 spiro atoms. The minimum atomic E-state index is -0.510. The SMILES string of the molecule is CC(C)(C)OC(=O)NCCCNC(=O)Cn1cc(N)cn1. The highest BCUT2D eigenvalue weighted by Crippen LogP contribution is 2.06. The van der Waals surface area contributed by atoms with E-state index in [0.717, 1.165) is 0 Å². The molecular formula is C13H23N5O3. The van der Waals surface area contributed by atoms with Crippen LogP contribution in [0, 0.1) is 0 Å². The summed E-state index contributed by atoms with van der Waals surface area (Å²) in [5.74, 6) is -0.157. The summed E-state index contributed by atoms with van der Waals surface area (Å²) < 4.78 is 6.55. The van der Waals surface area contributed by atoms with E-state index in [1.165, 1.54) is 10.9 Å². The number of carbonyl (C=O) groups excluding carboxylic acids is 2. The Morgan fingerprint density at radius 2 is 2.00 bits per heavy atom. The topological polar surface area (TPSA) is 111 Å². The number of nitrogens with two attached hydrogens (primary N) is 1. The maximum atomic E-state index is 11.6. The summed E-state index contributed by atoms with van der Waals surface area (Å²) in [6, 6.07) is 0. The smallest absolute Gasteiger partial charge is 0.407 e. The predicted molar refractivity (Wildman–Crippen MR) is 78.5 cm³/mol. The van der Waals surface area contributed by atoms with Crippen molar-refractivity contribution in [2.24, 2.45) is 0 Å². The number of carbonyl (C=O) groups is 2. The highest BCUT2D eigenvalue weighted by Gasteiger charge is 2.15. The summed E-state index contributed by atoms with van der Waals surface area (Å²) in [7, 11) is 0. The molecule has 118 valence electrons. The lowest BCUT2D eigenvalue weighted by molar-refractivity contribution is -0.121. The van der Waals surface area contributed by atoms with Crippen molar-refractivity contribution in [1.29, 1.82) is 0 Å². The molecular weight excluding hydrogens is 274 g/mol. The summed E-state index contributed by atoms with van der Waals surface area (Å²) in [5, 5.41) is 9.26. The molecule has 2 amide bonds. The molecule has 0 radical (unpaired) electrons. The summed E-state index contributed by atoms with van der Waals surface area (Å²) in [5.41, 5.74) is 5.51. The molecule has 8 heteroatoms. The van der Waals surface area contributed by atoms with E-state index < -0.39 is 11.7 Å². The van der Waals surface area contributed by atoms with Crippen molar-refractivity contribution in [2.45, 2.75) is 39.3 Å². The number of nitrogens with one attached hydrogen (secondary N) is 2. The van der Waals surface area contributed by atoms with Crippen molar-refractivity contribution in [3.05, 3.63) is 12.4 Å². The molecule has 1 aromatic heterocycles. The minimum Gasteiger partial charge on any atom is -0.444 e. The van der Waals surface area contributed by atoms with Gasteiger partial charge in [-0.25, -0.2) is 4.79 Å². The first-order chi connectivity index (χ1) is 9.76. The Bertz CT molecular complexity index is 478. The molecule has 8 nitrogen and oxygen atoms in total. The molecule has 0 aliphatic carbocycles. The van der Waals surface area contributed by atoms with Crippen molar-refractivity contribution >= 4 is 17.7 Å². The molecule has 0 atom stereocenters. The molecule has 0 aromatic carbocycles. The van der Waals surface area contributed by atoms with Gasteiger partial charge in [0.15, 0.2) is 0 Å². The fraction of sp³-hybridized carbons (Fsp3) is 0.615. The van der Waals surface area contributed by atoms with Gasteiger partial charge in [-0.3, -0.25) is 9.48 Å². The number of alkyl carbamates (subject to hydrolysis) is 1. The highest BCUT2D eigenvalue weighted by atomic mass is 16.6. The van der Waals surface area contributed by atoms with Crippen molar-refractivity contribution in [3.8, 4) is 0 Å². The largest absolute Gasteiger partial charge is 0.444 e. The van der Waals surface area contributed by atoms with Crippen LogP contribution in [-0.4, -0.2) is 40.5 Å². The first-order valence-electron chi connectivity index (χ1n) is 6.78. The zero-order valence-electron chi connectivity index (χ0n) is 12.7. The van der Waals surface area contributed by atoms with E-state index in [1.54, 1.807) is 27.0 Å². The number of nitrogens with zero attached hydrogens (tertiary/aromatic N) is 2. The van der Waals surface area contributed by atoms with Crippen LogP contribution in [0.25, 0.3) is 0 Å². The fourth-order valence-corrected chi connectivity index (χ4v) is 1.49. The number of rotatable bonds is 6. The van der Waals surface area contributed by atoms with Crippen LogP contribution >= 0.6 is 0 Å². The lowest BCUT2D eigenvalue weighted by Gasteiger charge is -2.19. The van der Waals surface area contributed by atoms with E-state index in [1.807, 2.05) is 0 Å². The molecule has 0 unspecified atom stereocenters. The Hall–Kier alpha value is -2.25. The lowest BCUT2D eigenvalue weighted by atomic mass is 10.2. The molecule has 0 aliphatic heterocycles. The van der Waals surface area contributed by atoms with Crippen LogP contribution in [0.4, 0.5) is 10.5 Å². The quantitative estimate of drug-likeness (QED) is 0.662. The number of anilines is 1. The van der Waals surface area contributed by atoms with Crippen LogP contribution in [0.15, 0.2) is 12.4 Å². The Kier molecular flexibility index (Phi) is 6.01. The second-order valence-electron chi connectivity index (χ2n) is 5.60. The number of nitrogen functional groups attached to an aromatic ring is 1. The van der Waals surface area contributed by atoms with Gasteiger partial charge in [0.25, 0.3) is 0 Å². The average molecular weight is 297 g/mol. The zero-order chi connectivity index (χ0) is 15.9. The number of ether oxygens (including phenoxy) is 1. The van der Waals surface area contributed by atoms with Gasteiger partial charge in [-0.2, -0.15) is 5.10 Å². The molecule has 0 bridgehead atoms. The standard InChI is InChI=1S/C13H23N5O3/c1-13(2,3)21-12(20)16-6-4-5-15-11(19)9-18-8-10(14)7-17-18/h7-8H,4-6,9,14H2,1-3H3,(H,15,19)(H,16,20). The Balaban J connectivity index is 2.08. The molecule has 0 fully saturated rings. The maximum Gasteiger partial charge on any atom is 0.407 e. The summed E-state index contributed by atoms with van der Waals surface area (Å²) in [6.45, 7) is 6.42. The van der Waals surface area contributed by atoms with E-state index in [9.17, 15) is 9.59 Å². The summed E-state index contributed by atoms with van der Waals surface area (Å²) in [4.78, 5) is 22.9. The number of amides is 2. The summed E-state index contributed by atoms with van der Waals surface area (Å²) in [6.07, 6.45) is 3.23.